The van der Waals surface area contributed by atoms with Gasteiger partial charge in [-0.3, -0.25) is 9.69 Å². The molecule has 42 heavy (non-hydrogen) atoms. The van der Waals surface area contributed by atoms with Gasteiger partial charge in [0.15, 0.2) is 5.17 Å². The Morgan fingerprint density at radius 2 is 1.69 bits per heavy atom. The van der Waals surface area contributed by atoms with Crippen molar-refractivity contribution >= 4 is 28.9 Å². The minimum Gasteiger partial charge on any atom is -0.493 e. The van der Waals surface area contributed by atoms with Crippen molar-refractivity contribution in [2.75, 3.05) is 32.8 Å². The molecule has 6 rings (SSSR count). The van der Waals surface area contributed by atoms with E-state index in [1.54, 1.807) is 0 Å². The van der Waals surface area contributed by atoms with Gasteiger partial charge in [-0.1, -0.05) is 55.5 Å². The molecule has 0 unspecified atom stereocenters. The highest BCUT2D eigenvalue weighted by Gasteiger charge is 2.29. The normalized spacial score (nSPS) is 16.7. The molecule has 1 aromatic heterocycles. The third-order valence-electron chi connectivity index (χ3n) is 7.46. The van der Waals surface area contributed by atoms with Crippen LogP contribution in [0.1, 0.15) is 30.0 Å². The van der Waals surface area contributed by atoms with Gasteiger partial charge >= 0.3 is 0 Å². The van der Waals surface area contributed by atoms with Gasteiger partial charge in [0.2, 0.25) is 0 Å². The van der Waals surface area contributed by atoms with E-state index in [1.165, 1.54) is 17.3 Å². The van der Waals surface area contributed by atoms with E-state index >= 15 is 0 Å². The van der Waals surface area contributed by atoms with Crippen LogP contribution in [0.5, 0.6) is 5.75 Å². The first-order chi connectivity index (χ1) is 20.6. The maximum Gasteiger partial charge on any atom is 0.286 e. The fourth-order valence-electron chi connectivity index (χ4n) is 5.21. The number of carbonyl (C=O) groups is 1. The number of amidine groups is 1. The zero-order chi connectivity index (χ0) is 28.9. The lowest BCUT2D eigenvalue weighted by Gasteiger charge is -2.35. The largest absolute Gasteiger partial charge is 0.493 e. The molecule has 1 saturated heterocycles. The second-order valence-corrected chi connectivity index (χ2v) is 11.6. The summed E-state index contributed by atoms with van der Waals surface area (Å²) in [4.78, 5) is 22.9. The van der Waals surface area contributed by atoms with E-state index in [-0.39, 0.29) is 5.91 Å². The lowest BCUT2D eigenvalue weighted by atomic mass is 10.0. The number of aryl methyl sites for hydroxylation is 1. The van der Waals surface area contributed by atoms with Crippen molar-refractivity contribution in [3.8, 4) is 22.7 Å². The molecular formula is C34H35N5O2S. The molecule has 0 radical (unpaired) electrons. The molecule has 4 aromatic rings. The van der Waals surface area contributed by atoms with Crippen molar-refractivity contribution < 1.29 is 9.53 Å². The quantitative estimate of drug-likeness (QED) is 0.225. The average Bonchev–Trinajstić information content (AvgIpc) is 3.61. The summed E-state index contributed by atoms with van der Waals surface area (Å²) in [5, 5.41) is 5.75. The number of rotatable bonds is 8. The number of thioether (sulfide) groups is 1. The molecule has 0 atom stereocenters. The Bertz CT molecular complexity index is 1610. The summed E-state index contributed by atoms with van der Waals surface area (Å²) in [6.45, 7) is 9.35. The van der Waals surface area contributed by atoms with Gasteiger partial charge in [-0.2, -0.15) is 10.1 Å². The molecule has 0 bridgehead atoms. The van der Waals surface area contributed by atoms with Gasteiger partial charge < -0.3 is 9.64 Å². The van der Waals surface area contributed by atoms with Crippen LogP contribution >= 0.6 is 11.8 Å². The fourth-order valence-corrected chi connectivity index (χ4v) is 6.17. The van der Waals surface area contributed by atoms with Gasteiger partial charge in [0, 0.05) is 50.0 Å². The predicted octanol–water partition coefficient (Wildman–Crippen LogP) is 6.42. The van der Waals surface area contributed by atoms with Crippen LogP contribution in [0.2, 0.25) is 0 Å². The maximum absolute atomic E-state index is 13.1. The third-order valence-corrected chi connectivity index (χ3v) is 8.51. The van der Waals surface area contributed by atoms with E-state index in [0.29, 0.717) is 11.5 Å². The molecule has 3 heterocycles. The fraction of sp³-hybridized carbons (Fsp3) is 0.265. The Kier molecular flexibility index (Phi) is 8.53. The first kappa shape index (κ1) is 28.0. The standard InChI is InChI=1S/C34H35N5O2S/c1-3-20-41-30-15-14-27(21-25(30)2)32-28(24-39(36-32)29-12-8-5-9-13-29)22-31-33(40)35-34(42-31)38-18-16-37(17-19-38)23-26-10-6-4-7-11-26/h4-15,21-22,24H,3,16-20,23H2,1-2H3. The van der Waals surface area contributed by atoms with Crippen LogP contribution in [-0.2, 0) is 11.3 Å². The van der Waals surface area contributed by atoms with E-state index in [1.807, 2.05) is 59.4 Å². The van der Waals surface area contributed by atoms with Crippen LogP contribution in [0.25, 0.3) is 23.0 Å². The Labute approximate surface area is 251 Å². The van der Waals surface area contributed by atoms with Crippen LogP contribution in [-0.4, -0.2) is 63.4 Å². The summed E-state index contributed by atoms with van der Waals surface area (Å²) in [7, 11) is 0. The van der Waals surface area contributed by atoms with Crippen molar-refractivity contribution in [1.82, 2.24) is 19.6 Å². The molecule has 2 aliphatic heterocycles. The number of amides is 1. The summed E-state index contributed by atoms with van der Waals surface area (Å²) in [5.41, 5.74) is 6.00. The van der Waals surface area contributed by atoms with Crippen LogP contribution in [0.15, 0.2) is 95.0 Å². The van der Waals surface area contributed by atoms with E-state index in [9.17, 15) is 4.79 Å². The van der Waals surface area contributed by atoms with E-state index in [2.05, 4.69) is 65.0 Å². The number of ether oxygens (including phenoxy) is 1. The SMILES string of the molecule is CCCOc1ccc(-c2nn(-c3ccccc3)cc2C=C2SC(N3CCN(Cc4ccccc4)CC3)=NC2=O)cc1C. The molecule has 0 aliphatic carbocycles. The van der Waals surface area contributed by atoms with Crippen LogP contribution in [0, 0.1) is 6.92 Å². The van der Waals surface area contributed by atoms with Gasteiger partial charge in [-0.05, 0) is 72.6 Å². The molecule has 0 spiro atoms. The molecule has 0 saturated carbocycles. The number of para-hydroxylation sites is 1. The van der Waals surface area contributed by atoms with E-state index in [4.69, 9.17) is 9.84 Å². The van der Waals surface area contributed by atoms with Crippen LogP contribution in [0.3, 0.4) is 0 Å². The molecule has 1 fully saturated rings. The van der Waals surface area contributed by atoms with Crippen molar-refractivity contribution in [1.29, 1.82) is 0 Å². The number of nitrogens with zero attached hydrogens (tertiary/aromatic N) is 5. The highest BCUT2D eigenvalue weighted by Crippen LogP contribution is 2.35. The van der Waals surface area contributed by atoms with Crippen LogP contribution in [0.4, 0.5) is 0 Å². The molecule has 0 N–H and O–H groups in total. The first-order valence-electron chi connectivity index (χ1n) is 14.5. The number of carbonyl (C=O) groups excluding carboxylic acids is 1. The summed E-state index contributed by atoms with van der Waals surface area (Å²) in [5.74, 6) is 0.686. The number of aliphatic imine (C=N–C) groups is 1. The van der Waals surface area contributed by atoms with Gasteiger partial charge in [0.25, 0.3) is 5.91 Å². The van der Waals surface area contributed by atoms with Gasteiger partial charge in [0.05, 0.1) is 17.2 Å². The molecule has 2 aliphatic rings. The Morgan fingerprint density at radius 1 is 0.952 bits per heavy atom. The Morgan fingerprint density at radius 3 is 2.40 bits per heavy atom. The lowest BCUT2D eigenvalue weighted by Crippen LogP contribution is -2.47. The number of hydrogen-bond acceptors (Lipinski definition) is 6. The van der Waals surface area contributed by atoms with Gasteiger partial charge in [-0.25, -0.2) is 4.68 Å². The number of hydrogen-bond donors (Lipinski definition) is 0. The summed E-state index contributed by atoms with van der Waals surface area (Å²) in [6.07, 6.45) is 4.88. The number of aromatic nitrogens is 2. The zero-order valence-electron chi connectivity index (χ0n) is 24.1. The lowest BCUT2D eigenvalue weighted by molar-refractivity contribution is -0.113. The molecule has 214 valence electrons. The van der Waals surface area contributed by atoms with Gasteiger partial charge in [0.1, 0.15) is 11.4 Å². The highest BCUT2D eigenvalue weighted by molar-refractivity contribution is 8.18. The number of piperazine rings is 1. The maximum atomic E-state index is 13.1. The molecule has 3 aromatic carbocycles. The molecule has 8 heteroatoms. The van der Waals surface area contributed by atoms with Crippen molar-refractivity contribution in [3.63, 3.8) is 0 Å². The predicted molar refractivity (Wildman–Crippen MR) is 171 cm³/mol. The third kappa shape index (κ3) is 6.35. The minimum atomic E-state index is -0.195. The Balaban J connectivity index is 1.22. The smallest absolute Gasteiger partial charge is 0.286 e. The monoisotopic (exact) mass is 577 g/mol. The molecule has 7 nitrogen and oxygen atoms in total. The summed E-state index contributed by atoms with van der Waals surface area (Å²) >= 11 is 1.46. The van der Waals surface area contributed by atoms with E-state index < -0.39 is 0 Å². The second kappa shape index (κ2) is 12.8. The molecular weight excluding hydrogens is 542 g/mol. The number of benzene rings is 3. The van der Waals surface area contributed by atoms with E-state index in [0.717, 1.165) is 78.1 Å². The van der Waals surface area contributed by atoms with Gasteiger partial charge in [-0.15, -0.1) is 0 Å². The van der Waals surface area contributed by atoms with Crippen molar-refractivity contribution in [2.24, 2.45) is 4.99 Å². The topological polar surface area (TPSA) is 63.0 Å². The zero-order valence-corrected chi connectivity index (χ0v) is 24.9. The highest BCUT2D eigenvalue weighted by atomic mass is 32.2. The summed E-state index contributed by atoms with van der Waals surface area (Å²) < 4.78 is 7.77. The van der Waals surface area contributed by atoms with Crippen molar-refractivity contribution in [3.05, 3.63) is 107 Å². The first-order valence-corrected chi connectivity index (χ1v) is 15.3. The van der Waals surface area contributed by atoms with Crippen molar-refractivity contribution in [2.45, 2.75) is 26.8 Å². The van der Waals surface area contributed by atoms with Crippen LogP contribution < -0.4 is 4.74 Å². The minimum absolute atomic E-state index is 0.195. The Hall–Kier alpha value is -4.14. The average molecular weight is 578 g/mol. The second-order valence-electron chi connectivity index (χ2n) is 10.6. The summed E-state index contributed by atoms with van der Waals surface area (Å²) in [6, 6.07) is 26.7. The molecule has 1 amide bonds.